The summed E-state index contributed by atoms with van der Waals surface area (Å²) in [6.45, 7) is 4.49. The van der Waals surface area contributed by atoms with E-state index < -0.39 is 0 Å². The molecule has 1 N–H and O–H groups in total. The number of aryl methyl sites for hydroxylation is 2. The first-order valence-corrected chi connectivity index (χ1v) is 10.5. The van der Waals surface area contributed by atoms with Crippen LogP contribution in [-0.2, 0) is 0 Å². The van der Waals surface area contributed by atoms with Gasteiger partial charge in [-0.05, 0) is 31.5 Å². The molecular weight excluding hydrogens is 422 g/mol. The first kappa shape index (κ1) is 20.6. The number of furan rings is 1. The molecule has 9 nitrogen and oxygen atoms in total. The van der Waals surface area contributed by atoms with Crippen molar-refractivity contribution < 1.29 is 18.7 Å². The largest absolute Gasteiger partial charge is 0.460 e. The SMILES string of the molecule is CNC(=O)c1c(C)oc2cc(Oc3ccnn4cc(C(=O)N5CC(C#N)C5)c(C)c34)ccc12. The van der Waals surface area contributed by atoms with Gasteiger partial charge in [0.25, 0.3) is 11.8 Å². The molecule has 4 aromatic rings. The van der Waals surface area contributed by atoms with Crippen molar-refractivity contribution in [1.82, 2.24) is 19.8 Å². The molecule has 4 heterocycles. The van der Waals surface area contributed by atoms with Gasteiger partial charge in [0.2, 0.25) is 0 Å². The predicted octanol–water partition coefficient (Wildman–Crippen LogP) is 3.44. The van der Waals surface area contributed by atoms with Gasteiger partial charge in [0.1, 0.15) is 22.6 Å². The van der Waals surface area contributed by atoms with Gasteiger partial charge in [-0.3, -0.25) is 9.59 Å². The highest BCUT2D eigenvalue weighted by Crippen LogP contribution is 2.34. The highest BCUT2D eigenvalue weighted by molar-refractivity contribution is 6.07. The molecule has 33 heavy (non-hydrogen) atoms. The standard InChI is InChI=1S/C24H21N5O4/c1-13-18(24(31)28-10-15(9-25)11-28)12-29-22(13)19(6-7-27-29)33-16-4-5-17-20(8-16)32-14(2)21(17)23(30)26-3/h4-8,12,15H,10-11H2,1-3H3,(H,26,30). The Morgan fingerprint density at radius 3 is 2.79 bits per heavy atom. The second kappa shape index (κ2) is 7.67. The van der Waals surface area contributed by atoms with Crippen molar-refractivity contribution in [2.24, 2.45) is 5.92 Å². The molecule has 1 aliphatic rings. The van der Waals surface area contributed by atoms with Crippen LogP contribution in [0.25, 0.3) is 16.5 Å². The zero-order valence-corrected chi connectivity index (χ0v) is 18.4. The van der Waals surface area contributed by atoms with E-state index in [0.717, 1.165) is 5.56 Å². The number of aromatic nitrogens is 2. The Bertz CT molecular complexity index is 1470. The Balaban J connectivity index is 1.49. The van der Waals surface area contributed by atoms with Crippen molar-refractivity contribution in [3.63, 3.8) is 0 Å². The number of benzene rings is 1. The van der Waals surface area contributed by atoms with Crippen molar-refractivity contribution in [2.75, 3.05) is 20.1 Å². The third-order valence-electron chi connectivity index (χ3n) is 5.99. The van der Waals surface area contributed by atoms with Gasteiger partial charge in [0.15, 0.2) is 5.75 Å². The number of nitrogens with zero attached hydrogens (tertiary/aromatic N) is 4. The summed E-state index contributed by atoms with van der Waals surface area (Å²) in [6.07, 6.45) is 3.29. The lowest BCUT2D eigenvalue weighted by molar-refractivity contribution is 0.0576. The van der Waals surface area contributed by atoms with Gasteiger partial charge in [-0.2, -0.15) is 10.4 Å². The summed E-state index contributed by atoms with van der Waals surface area (Å²) in [5.74, 6) is 1.16. The number of amides is 2. The summed E-state index contributed by atoms with van der Waals surface area (Å²) in [4.78, 5) is 26.7. The van der Waals surface area contributed by atoms with Crippen LogP contribution in [-0.4, -0.2) is 46.5 Å². The van der Waals surface area contributed by atoms with Crippen molar-refractivity contribution in [3.8, 4) is 17.6 Å². The molecule has 0 atom stereocenters. The number of likely N-dealkylation sites (tertiary alicyclic amines) is 1. The number of nitriles is 1. The van der Waals surface area contributed by atoms with Crippen LogP contribution in [0.2, 0.25) is 0 Å². The fourth-order valence-electron chi connectivity index (χ4n) is 4.21. The van der Waals surface area contributed by atoms with Gasteiger partial charge in [-0.15, -0.1) is 0 Å². The summed E-state index contributed by atoms with van der Waals surface area (Å²) in [7, 11) is 1.58. The maximum absolute atomic E-state index is 12.9. The number of hydrogen-bond donors (Lipinski definition) is 1. The number of rotatable bonds is 4. The molecule has 2 amide bonds. The first-order chi connectivity index (χ1) is 15.9. The number of hydrogen-bond acceptors (Lipinski definition) is 6. The molecule has 9 heteroatoms. The second-order valence-corrected chi connectivity index (χ2v) is 8.06. The zero-order valence-electron chi connectivity index (χ0n) is 18.4. The van der Waals surface area contributed by atoms with E-state index in [9.17, 15) is 9.59 Å². The number of carbonyl (C=O) groups is 2. The molecule has 0 aliphatic carbocycles. The van der Waals surface area contributed by atoms with Crippen molar-refractivity contribution >= 4 is 28.3 Å². The number of nitrogens with one attached hydrogen (secondary N) is 1. The Labute approximate surface area is 189 Å². The van der Waals surface area contributed by atoms with E-state index in [1.165, 1.54) is 0 Å². The van der Waals surface area contributed by atoms with Crippen LogP contribution >= 0.6 is 0 Å². The second-order valence-electron chi connectivity index (χ2n) is 8.06. The summed E-state index contributed by atoms with van der Waals surface area (Å²) >= 11 is 0. The fourth-order valence-corrected chi connectivity index (χ4v) is 4.21. The smallest absolute Gasteiger partial charge is 0.255 e. The summed E-state index contributed by atoms with van der Waals surface area (Å²) in [5.41, 5.74) is 3.00. The van der Waals surface area contributed by atoms with Gasteiger partial charge < -0.3 is 19.4 Å². The molecule has 0 bridgehead atoms. The van der Waals surface area contributed by atoms with E-state index in [1.807, 2.05) is 6.92 Å². The maximum atomic E-state index is 12.9. The zero-order chi connectivity index (χ0) is 23.3. The van der Waals surface area contributed by atoms with Gasteiger partial charge in [-0.25, -0.2) is 4.52 Å². The summed E-state index contributed by atoms with van der Waals surface area (Å²) in [5, 5.41) is 16.6. The monoisotopic (exact) mass is 443 g/mol. The molecule has 1 saturated heterocycles. The highest BCUT2D eigenvalue weighted by atomic mass is 16.5. The lowest BCUT2D eigenvalue weighted by Gasteiger charge is -2.35. The van der Waals surface area contributed by atoms with Crippen molar-refractivity contribution in [2.45, 2.75) is 13.8 Å². The molecule has 1 aromatic carbocycles. The third-order valence-corrected chi connectivity index (χ3v) is 5.99. The number of carbonyl (C=O) groups excluding carboxylic acids is 2. The quantitative estimate of drug-likeness (QED) is 0.517. The summed E-state index contributed by atoms with van der Waals surface area (Å²) < 4.78 is 13.6. The van der Waals surface area contributed by atoms with Crippen LogP contribution in [0.5, 0.6) is 11.5 Å². The Hall–Kier alpha value is -4.32. The highest BCUT2D eigenvalue weighted by Gasteiger charge is 2.33. The Morgan fingerprint density at radius 1 is 1.27 bits per heavy atom. The Morgan fingerprint density at radius 2 is 2.06 bits per heavy atom. The van der Waals surface area contributed by atoms with Crippen molar-refractivity contribution in [1.29, 1.82) is 5.26 Å². The van der Waals surface area contributed by atoms with Gasteiger partial charge in [0.05, 0.1) is 29.3 Å². The van der Waals surface area contributed by atoms with Crippen LogP contribution in [0.4, 0.5) is 0 Å². The number of ether oxygens (including phenoxy) is 1. The lowest BCUT2D eigenvalue weighted by atomic mass is 10.0. The first-order valence-electron chi connectivity index (χ1n) is 10.5. The lowest BCUT2D eigenvalue weighted by Crippen LogP contribution is -2.49. The van der Waals surface area contributed by atoms with Crippen LogP contribution in [0, 0.1) is 31.1 Å². The van der Waals surface area contributed by atoms with Crippen LogP contribution in [0.1, 0.15) is 32.0 Å². The van der Waals surface area contributed by atoms with E-state index in [0.29, 0.717) is 58.0 Å². The van der Waals surface area contributed by atoms with Gasteiger partial charge in [-0.1, -0.05) is 0 Å². The van der Waals surface area contributed by atoms with E-state index >= 15 is 0 Å². The van der Waals surface area contributed by atoms with E-state index in [4.69, 9.17) is 14.4 Å². The van der Waals surface area contributed by atoms with Gasteiger partial charge >= 0.3 is 0 Å². The summed E-state index contributed by atoms with van der Waals surface area (Å²) in [6, 6.07) is 9.21. The number of fused-ring (bicyclic) bond motifs is 2. The molecule has 166 valence electrons. The Kier molecular flexibility index (Phi) is 4.78. The molecule has 5 rings (SSSR count). The molecule has 3 aromatic heterocycles. The topological polar surface area (TPSA) is 113 Å². The van der Waals surface area contributed by atoms with Crippen molar-refractivity contribution in [3.05, 3.63) is 59.1 Å². The van der Waals surface area contributed by atoms with E-state index in [1.54, 1.807) is 60.0 Å². The normalized spacial score (nSPS) is 13.7. The average molecular weight is 443 g/mol. The molecular formula is C24H21N5O4. The molecule has 0 unspecified atom stereocenters. The third kappa shape index (κ3) is 3.27. The minimum Gasteiger partial charge on any atom is -0.460 e. The minimum atomic E-state index is -0.208. The molecule has 1 fully saturated rings. The predicted molar refractivity (Wildman–Crippen MR) is 119 cm³/mol. The maximum Gasteiger partial charge on any atom is 0.255 e. The molecule has 0 spiro atoms. The fraction of sp³-hybridized carbons (Fsp3) is 0.250. The van der Waals surface area contributed by atoms with Crippen LogP contribution < -0.4 is 10.1 Å². The van der Waals surface area contributed by atoms with E-state index in [-0.39, 0.29) is 17.7 Å². The average Bonchev–Trinajstić information content (AvgIpc) is 3.28. The van der Waals surface area contributed by atoms with Gasteiger partial charge in [0, 0.05) is 43.9 Å². The van der Waals surface area contributed by atoms with Crippen LogP contribution in [0.15, 0.2) is 41.1 Å². The molecule has 1 aliphatic heterocycles. The minimum absolute atomic E-state index is 0.104. The van der Waals surface area contributed by atoms with Crippen LogP contribution in [0.3, 0.4) is 0 Å². The molecule has 0 radical (unpaired) electrons. The van der Waals surface area contributed by atoms with E-state index in [2.05, 4.69) is 16.5 Å². The molecule has 0 saturated carbocycles.